The van der Waals surface area contributed by atoms with Crippen LogP contribution in [0.4, 0.5) is 11.5 Å². The summed E-state index contributed by atoms with van der Waals surface area (Å²) in [6.07, 6.45) is 0. The van der Waals surface area contributed by atoms with Crippen molar-refractivity contribution in [3.05, 3.63) is 56.6 Å². The quantitative estimate of drug-likeness (QED) is 0.219. The van der Waals surface area contributed by atoms with Crippen LogP contribution in [0.15, 0.2) is 22.6 Å². The minimum absolute atomic E-state index is 0.000881. The second kappa shape index (κ2) is 9.94. The van der Waals surface area contributed by atoms with Crippen LogP contribution in [0, 0.1) is 17.0 Å². The standard InChI is InChI=1S/C21H20N4O9/c1-4-31-19(26)11-6-12(8-13(7-11)25(29)30)20(27)33-9-14-23-17(22)16-15(21(28)32-5-2)10(3)34-18(16)24-14/h6-8H,4-5,9H2,1-3H3,(H2,22,23,24). The maximum atomic E-state index is 12.5. The Morgan fingerprint density at radius 2 is 1.59 bits per heavy atom. The molecule has 0 spiro atoms. The number of nitrogen functional groups attached to an aromatic ring is 1. The summed E-state index contributed by atoms with van der Waals surface area (Å²) in [5, 5.41) is 11.4. The number of anilines is 1. The number of furan rings is 1. The summed E-state index contributed by atoms with van der Waals surface area (Å²) in [5.74, 6) is -2.34. The van der Waals surface area contributed by atoms with Gasteiger partial charge in [-0.25, -0.2) is 19.4 Å². The highest BCUT2D eigenvalue weighted by molar-refractivity contribution is 6.07. The van der Waals surface area contributed by atoms with Gasteiger partial charge in [0.05, 0.1) is 34.7 Å². The van der Waals surface area contributed by atoms with Gasteiger partial charge < -0.3 is 24.4 Å². The molecule has 3 rings (SSSR count). The minimum atomic E-state index is -0.973. The molecular formula is C21H20N4O9. The van der Waals surface area contributed by atoms with Crippen molar-refractivity contribution in [2.24, 2.45) is 0 Å². The summed E-state index contributed by atoms with van der Waals surface area (Å²) < 4.78 is 20.5. The number of nitro benzene ring substituents is 1. The average molecular weight is 472 g/mol. The van der Waals surface area contributed by atoms with Gasteiger partial charge in [0.15, 0.2) is 12.4 Å². The van der Waals surface area contributed by atoms with Crippen molar-refractivity contribution >= 4 is 40.5 Å². The molecule has 0 aliphatic heterocycles. The highest BCUT2D eigenvalue weighted by Gasteiger charge is 2.25. The number of fused-ring (bicyclic) bond motifs is 1. The second-order valence-electron chi connectivity index (χ2n) is 6.78. The topological polar surface area (TPSA) is 187 Å². The fourth-order valence-electron chi connectivity index (χ4n) is 3.08. The fraction of sp³-hybridized carbons (Fsp3) is 0.286. The van der Waals surface area contributed by atoms with Crippen molar-refractivity contribution in [3.63, 3.8) is 0 Å². The molecule has 0 radical (unpaired) electrons. The molecule has 0 aliphatic rings. The van der Waals surface area contributed by atoms with E-state index in [2.05, 4.69) is 9.97 Å². The molecule has 2 aromatic heterocycles. The zero-order valence-electron chi connectivity index (χ0n) is 18.4. The van der Waals surface area contributed by atoms with E-state index in [9.17, 15) is 24.5 Å². The van der Waals surface area contributed by atoms with E-state index >= 15 is 0 Å². The lowest BCUT2D eigenvalue weighted by Gasteiger charge is -2.07. The number of hydrogen-bond acceptors (Lipinski definition) is 12. The SMILES string of the molecule is CCOC(=O)c1cc(C(=O)OCc2nc(N)c3c(C(=O)OCC)c(C)oc3n2)cc([N+](=O)[O-])c1. The van der Waals surface area contributed by atoms with E-state index in [-0.39, 0.29) is 58.4 Å². The lowest BCUT2D eigenvalue weighted by atomic mass is 10.1. The van der Waals surface area contributed by atoms with E-state index in [1.54, 1.807) is 13.8 Å². The number of carbonyl (C=O) groups is 3. The molecule has 0 aliphatic carbocycles. The van der Waals surface area contributed by atoms with Crippen LogP contribution in [0.25, 0.3) is 11.1 Å². The van der Waals surface area contributed by atoms with Gasteiger partial charge in [-0.15, -0.1) is 0 Å². The third kappa shape index (κ3) is 4.92. The highest BCUT2D eigenvalue weighted by Crippen LogP contribution is 2.29. The molecule has 0 atom stereocenters. The van der Waals surface area contributed by atoms with Gasteiger partial charge in [0.25, 0.3) is 5.69 Å². The number of nitrogens with zero attached hydrogens (tertiary/aromatic N) is 3. The van der Waals surface area contributed by atoms with Gasteiger partial charge in [-0.1, -0.05) is 0 Å². The van der Waals surface area contributed by atoms with Gasteiger partial charge in [0, 0.05) is 12.1 Å². The molecule has 0 unspecified atom stereocenters. The normalized spacial score (nSPS) is 10.7. The maximum absolute atomic E-state index is 12.5. The smallest absolute Gasteiger partial charge is 0.342 e. The summed E-state index contributed by atoms with van der Waals surface area (Å²) >= 11 is 0. The van der Waals surface area contributed by atoms with Crippen LogP contribution in [0.5, 0.6) is 0 Å². The van der Waals surface area contributed by atoms with Crippen molar-refractivity contribution in [2.75, 3.05) is 18.9 Å². The number of non-ortho nitro benzene ring substituents is 1. The second-order valence-corrected chi connectivity index (χ2v) is 6.78. The molecule has 0 bridgehead atoms. The summed E-state index contributed by atoms with van der Waals surface area (Å²) in [6, 6.07) is 3.07. The predicted molar refractivity (Wildman–Crippen MR) is 115 cm³/mol. The molecule has 34 heavy (non-hydrogen) atoms. The molecule has 1 aromatic carbocycles. The molecule has 2 heterocycles. The first-order chi connectivity index (χ1) is 16.2. The number of nitro groups is 1. The first kappa shape index (κ1) is 24.1. The van der Waals surface area contributed by atoms with Gasteiger partial charge in [-0.05, 0) is 26.8 Å². The average Bonchev–Trinajstić information content (AvgIpc) is 3.13. The summed E-state index contributed by atoms with van der Waals surface area (Å²) in [6.45, 7) is 4.49. The molecule has 3 aromatic rings. The summed E-state index contributed by atoms with van der Waals surface area (Å²) in [7, 11) is 0. The molecule has 0 saturated carbocycles. The van der Waals surface area contributed by atoms with E-state index in [0.717, 1.165) is 18.2 Å². The van der Waals surface area contributed by atoms with E-state index < -0.39 is 35.1 Å². The fourth-order valence-corrected chi connectivity index (χ4v) is 3.08. The van der Waals surface area contributed by atoms with Crippen LogP contribution in [0.2, 0.25) is 0 Å². The third-order valence-electron chi connectivity index (χ3n) is 4.49. The first-order valence-electron chi connectivity index (χ1n) is 10.0. The highest BCUT2D eigenvalue weighted by atomic mass is 16.6. The Kier molecular flexibility index (Phi) is 7.04. The molecule has 13 nitrogen and oxygen atoms in total. The Morgan fingerprint density at radius 1 is 1.00 bits per heavy atom. The molecule has 0 amide bonds. The van der Waals surface area contributed by atoms with E-state index in [0.29, 0.717) is 0 Å². The van der Waals surface area contributed by atoms with Gasteiger partial charge in [-0.2, -0.15) is 4.98 Å². The van der Waals surface area contributed by atoms with Gasteiger partial charge in [0.2, 0.25) is 5.71 Å². The van der Waals surface area contributed by atoms with E-state index in [4.69, 9.17) is 24.4 Å². The van der Waals surface area contributed by atoms with Gasteiger partial charge in [-0.3, -0.25) is 10.1 Å². The zero-order valence-corrected chi connectivity index (χ0v) is 18.4. The lowest BCUT2D eigenvalue weighted by Crippen LogP contribution is -2.12. The molecule has 0 saturated heterocycles. The Labute approximate surface area is 192 Å². The number of ether oxygens (including phenoxy) is 3. The number of esters is 3. The van der Waals surface area contributed by atoms with Crippen molar-refractivity contribution in [1.82, 2.24) is 9.97 Å². The van der Waals surface area contributed by atoms with Crippen LogP contribution in [-0.4, -0.2) is 46.0 Å². The number of benzene rings is 1. The van der Waals surface area contributed by atoms with Crippen molar-refractivity contribution < 1.29 is 37.9 Å². The number of nitrogens with two attached hydrogens (primary N) is 1. The Balaban J connectivity index is 1.86. The third-order valence-corrected chi connectivity index (χ3v) is 4.49. The zero-order chi connectivity index (χ0) is 25.0. The van der Waals surface area contributed by atoms with E-state index in [1.807, 2.05) is 0 Å². The van der Waals surface area contributed by atoms with Crippen LogP contribution in [-0.2, 0) is 20.8 Å². The molecule has 0 fully saturated rings. The largest absolute Gasteiger partial charge is 0.462 e. The number of aryl methyl sites for hydroxylation is 1. The molecule has 178 valence electrons. The van der Waals surface area contributed by atoms with Crippen LogP contribution < -0.4 is 5.73 Å². The summed E-state index contributed by atoms with van der Waals surface area (Å²) in [4.78, 5) is 55.3. The first-order valence-corrected chi connectivity index (χ1v) is 10.0. The lowest BCUT2D eigenvalue weighted by molar-refractivity contribution is -0.384. The molecule has 2 N–H and O–H groups in total. The summed E-state index contributed by atoms with van der Waals surface area (Å²) in [5.41, 5.74) is 5.16. The van der Waals surface area contributed by atoms with Gasteiger partial charge in [0.1, 0.15) is 17.1 Å². The van der Waals surface area contributed by atoms with Crippen LogP contribution in [0.3, 0.4) is 0 Å². The van der Waals surface area contributed by atoms with E-state index in [1.165, 1.54) is 6.92 Å². The molecule has 13 heteroatoms. The Morgan fingerprint density at radius 3 is 2.18 bits per heavy atom. The number of hydrogen-bond donors (Lipinski definition) is 1. The van der Waals surface area contributed by atoms with Crippen LogP contribution in [0.1, 0.15) is 56.5 Å². The van der Waals surface area contributed by atoms with Crippen molar-refractivity contribution in [3.8, 4) is 0 Å². The maximum Gasteiger partial charge on any atom is 0.342 e. The Hall–Kier alpha value is -4.55. The Bertz CT molecular complexity index is 1300. The predicted octanol–water partition coefficient (Wildman–Crippen LogP) is 2.73. The minimum Gasteiger partial charge on any atom is -0.462 e. The monoisotopic (exact) mass is 472 g/mol. The number of rotatable bonds is 8. The molecular weight excluding hydrogens is 452 g/mol. The number of aromatic nitrogens is 2. The number of carbonyl (C=O) groups excluding carboxylic acids is 3. The van der Waals surface area contributed by atoms with Crippen LogP contribution >= 0.6 is 0 Å². The van der Waals surface area contributed by atoms with Crippen molar-refractivity contribution in [2.45, 2.75) is 27.4 Å². The van der Waals surface area contributed by atoms with Crippen molar-refractivity contribution in [1.29, 1.82) is 0 Å². The van der Waals surface area contributed by atoms with Gasteiger partial charge >= 0.3 is 17.9 Å².